The van der Waals surface area contributed by atoms with Crippen molar-refractivity contribution in [3.63, 3.8) is 0 Å². The molecule has 0 saturated carbocycles. The van der Waals surface area contributed by atoms with E-state index >= 15 is 0 Å². The maximum absolute atomic E-state index is 11.3. The summed E-state index contributed by atoms with van der Waals surface area (Å²) < 4.78 is 10.5. The van der Waals surface area contributed by atoms with Crippen LogP contribution < -0.4 is 5.32 Å². The van der Waals surface area contributed by atoms with Crippen LogP contribution in [0.3, 0.4) is 0 Å². The second-order valence-electron chi connectivity index (χ2n) is 4.74. The van der Waals surface area contributed by atoms with Crippen LogP contribution in [-0.4, -0.2) is 36.9 Å². The van der Waals surface area contributed by atoms with Gasteiger partial charge in [0.2, 0.25) is 0 Å². The molecule has 1 aliphatic rings. The Hall–Kier alpha value is -0.610. The molecule has 0 spiro atoms. The molecular formula is C12H23NO3. The van der Waals surface area contributed by atoms with Crippen molar-refractivity contribution in [2.45, 2.75) is 58.2 Å². The van der Waals surface area contributed by atoms with Crippen LogP contribution in [0.5, 0.6) is 0 Å². The van der Waals surface area contributed by atoms with E-state index in [2.05, 4.69) is 19.2 Å². The Morgan fingerprint density at radius 2 is 2.38 bits per heavy atom. The maximum atomic E-state index is 11.3. The van der Waals surface area contributed by atoms with Crippen LogP contribution >= 0.6 is 0 Å². The van der Waals surface area contributed by atoms with Crippen molar-refractivity contribution in [2.24, 2.45) is 0 Å². The molecule has 1 fully saturated rings. The molecular weight excluding hydrogens is 206 g/mol. The molecule has 94 valence electrons. The van der Waals surface area contributed by atoms with E-state index in [-0.39, 0.29) is 23.7 Å². The molecule has 3 atom stereocenters. The predicted octanol–water partition coefficient (Wildman–Crippen LogP) is 1.49. The minimum Gasteiger partial charge on any atom is -0.466 e. The Morgan fingerprint density at radius 3 is 2.88 bits per heavy atom. The summed E-state index contributed by atoms with van der Waals surface area (Å²) in [6.07, 6.45) is 1.59. The normalized spacial score (nSPS) is 31.4. The van der Waals surface area contributed by atoms with E-state index in [9.17, 15) is 4.79 Å². The van der Waals surface area contributed by atoms with Gasteiger partial charge in [-0.15, -0.1) is 0 Å². The molecule has 0 bridgehead atoms. The van der Waals surface area contributed by atoms with Gasteiger partial charge in [0.05, 0.1) is 19.1 Å². The monoisotopic (exact) mass is 229 g/mol. The summed E-state index contributed by atoms with van der Waals surface area (Å²) in [5.74, 6) is -0.141. The van der Waals surface area contributed by atoms with E-state index in [1.165, 1.54) is 0 Å². The van der Waals surface area contributed by atoms with Gasteiger partial charge < -0.3 is 14.8 Å². The van der Waals surface area contributed by atoms with Crippen LogP contribution in [0.25, 0.3) is 0 Å². The molecule has 3 unspecified atom stereocenters. The van der Waals surface area contributed by atoms with Gasteiger partial charge in [-0.3, -0.25) is 4.79 Å². The number of rotatable bonds is 5. The second-order valence-corrected chi connectivity index (χ2v) is 4.74. The molecule has 0 aliphatic carbocycles. The Kier molecular flexibility index (Phi) is 4.74. The Balaban J connectivity index is 2.38. The third kappa shape index (κ3) is 3.46. The van der Waals surface area contributed by atoms with Crippen LogP contribution in [0.4, 0.5) is 0 Å². The quantitative estimate of drug-likeness (QED) is 0.725. The summed E-state index contributed by atoms with van der Waals surface area (Å²) in [6, 6.07) is 0.119. The largest absolute Gasteiger partial charge is 0.466 e. The zero-order chi connectivity index (χ0) is 12.2. The summed E-state index contributed by atoms with van der Waals surface area (Å²) in [5.41, 5.74) is -0.0219. The number of carbonyl (C=O) groups is 1. The lowest BCUT2D eigenvalue weighted by molar-refractivity contribution is -0.143. The highest BCUT2D eigenvalue weighted by Gasteiger charge is 2.37. The Morgan fingerprint density at radius 1 is 1.69 bits per heavy atom. The van der Waals surface area contributed by atoms with Crippen LogP contribution in [0.1, 0.15) is 40.5 Å². The van der Waals surface area contributed by atoms with Gasteiger partial charge in [-0.1, -0.05) is 0 Å². The highest BCUT2D eigenvalue weighted by molar-refractivity contribution is 5.70. The van der Waals surface area contributed by atoms with Crippen LogP contribution in [0.15, 0.2) is 0 Å². The second kappa shape index (κ2) is 5.64. The summed E-state index contributed by atoms with van der Waals surface area (Å²) >= 11 is 0. The van der Waals surface area contributed by atoms with Crippen molar-refractivity contribution in [1.29, 1.82) is 0 Å². The first kappa shape index (κ1) is 13.5. The number of hydrogen-bond acceptors (Lipinski definition) is 4. The maximum Gasteiger partial charge on any atom is 0.307 e. The number of esters is 1. The van der Waals surface area contributed by atoms with Gasteiger partial charge in [0, 0.05) is 18.2 Å². The molecule has 1 rings (SSSR count). The average molecular weight is 229 g/mol. The van der Waals surface area contributed by atoms with E-state index < -0.39 is 0 Å². The third-order valence-electron chi connectivity index (χ3n) is 3.24. The fraction of sp³-hybridized carbons (Fsp3) is 0.917. The van der Waals surface area contributed by atoms with Crippen molar-refractivity contribution in [2.75, 3.05) is 13.2 Å². The lowest BCUT2D eigenvalue weighted by atomic mass is 9.93. The average Bonchev–Trinajstić information content (AvgIpc) is 2.46. The molecule has 16 heavy (non-hydrogen) atoms. The van der Waals surface area contributed by atoms with Gasteiger partial charge in [-0.05, 0) is 34.1 Å². The van der Waals surface area contributed by atoms with Crippen molar-refractivity contribution < 1.29 is 14.3 Å². The molecule has 0 aromatic rings. The first-order valence-corrected chi connectivity index (χ1v) is 6.03. The topological polar surface area (TPSA) is 47.6 Å². The van der Waals surface area contributed by atoms with Crippen molar-refractivity contribution in [3.8, 4) is 0 Å². The SMILES string of the molecule is CCOC(=O)CC(C)NC1(C)CCOC1C. The zero-order valence-electron chi connectivity index (χ0n) is 10.7. The summed E-state index contributed by atoms with van der Waals surface area (Å²) in [7, 11) is 0. The first-order chi connectivity index (χ1) is 7.48. The van der Waals surface area contributed by atoms with Gasteiger partial charge in [0.1, 0.15) is 0 Å². The first-order valence-electron chi connectivity index (χ1n) is 6.03. The molecule has 4 heteroatoms. The van der Waals surface area contributed by atoms with Crippen LogP contribution in [0.2, 0.25) is 0 Å². The van der Waals surface area contributed by atoms with Crippen molar-refractivity contribution in [3.05, 3.63) is 0 Å². The van der Waals surface area contributed by atoms with Gasteiger partial charge in [0.15, 0.2) is 0 Å². The Labute approximate surface area is 97.7 Å². The van der Waals surface area contributed by atoms with Gasteiger partial charge in [-0.2, -0.15) is 0 Å². The summed E-state index contributed by atoms with van der Waals surface area (Å²) in [5, 5.41) is 3.47. The van der Waals surface area contributed by atoms with Crippen LogP contribution in [-0.2, 0) is 14.3 Å². The highest BCUT2D eigenvalue weighted by Crippen LogP contribution is 2.25. The van der Waals surface area contributed by atoms with E-state index in [0.717, 1.165) is 13.0 Å². The molecule has 0 amide bonds. The van der Waals surface area contributed by atoms with Crippen LogP contribution in [0, 0.1) is 0 Å². The highest BCUT2D eigenvalue weighted by atomic mass is 16.5. The molecule has 1 aliphatic heterocycles. The number of ether oxygens (including phenoxy) is 2. The fourth-order valence-corrected chi connectivity index (χ4v) is 2.11. The predicted molar refractivity (Wildman–Crippen MR) is 62.3 cm³/mol. The molecule has 1 heterocycles. The number of hydrogen-bond donors (Lipinski definition) is 1. The number of carbonyl (C=O) groups excluding carboxylic acids is 1. The smallest absolute Gasteiger partial charge is 0.307 e. The van der Waals surface area contributed by atoms with Gasteiger partial charge in [0.25, 0.3) is 0 Å². The van der Waals surface area contributed by atoms with Gasteiger partial charge in [-0.25, -0.2) is 0 Å². The van der Waals surface area contributed by atoms with E-state index in [1.807, 2.05) is 13.8 Å². The van der Waals surface area contributed by atoms with E-state index in [4.69, 9.17) is 9.47 Å². The summed E-state index contributed by atoms with van der Waals surface area (Å²) in [6.45, 7) is 9.28. The Bertz CT molecular complexity index is 244. The molecule has 0 radical (unpaired) electrons. The van der Waals surface area contributed by atoms with Gasteiger partial charge >= 0.3 is 5.97 Å². The molecule has 0 aromatic heterocycles. The molecule has 1 saturated heterocycles. The van der Waals surface area contributed by atoms with Crippen molar-refractivity contribution >= 4 is 5.97 Å². The lowest BCUT2D eigenvalue weighted by Crippen LogP contribution is -2.52. The molecule has 1 N–H and O–H groups in total. The fourth-order valence-electron chi connectivity index (χ4n) is 2.11. The lowest BCUT2D eigenvalue weighted by Gasteiger charge is -2.32. The molecule has 0 aromatic carbocycles. The number of nitrogens with one attached hydrogen (secondary N) is 1. The summed E-state index contributed by atoms with van der Waals surface area (Å²) in [4.78, 5) is 11.3. The standard InChI is InChI=1S/C12H23NO3/c1-5-15-11(14)8-9(2)13-12(4)6-7-16-10(12)3/h9-10,13H,5-8H2,1-4H3. The van der Waals surface area contributed by atoms with E-state index in [0.29, 0.717) is 13.0 Å². The minimum absolute atomic E-state index is 0.0219. The van der Waals surface area contributed by atoms with E-state index in [1.54, 1.807) is 0 Å². The molecule has 4 nitrogen and oxygen atoms in total. The zero-order valence-corrected chi connectivity index (χ0v) is 10.7. The van der Waals surface area contributed by atoms with Crippen molar-refractivity contribution in [1.82, 2.24) is 5.32 Å². The minimum atomic E-state index is -0.141. The third-order valence-corrected chi connectivity index (χ3v) is 3.24.